The van der Waals surface area contributed by atoms with Crippen molar-refractivity contribution >= 4 is 17.3 Å². The maximum atomic E-state index is 12.4. The lowest BCUT2D eigenvalue weighted by Crippen LogP contribution is -2.44. The van der Waals surface area contributed by atoms with Crippen LogP contribution in [0.1, 0.15) is 0 Å². The first-order valence-electron chi connectivity index (χ1n) is 6.56. The normalized spacial score (nSPS) is 15.3. The zero-order valence-corrected chi connectivity index (χ0v) is 11.7. The minimum Gasteiger partial charge on any atom is -0.366 e. The van der Waals surface area contributed by atoms with Gasteiger partial charge in [0.15, 0.2) is 0 Å². The Kier molecular flexibility index (Phi) is 3.71. The number of nitrogens with zero attached hydrogens (tertiary/aromatic N) is 3. The second-order valence-electron chi connectivity index (χ2n) is 4.63. The second-order valence-corrected chi connectivity index (χ2v) is 5.01. The van der Waals surface area contributed by atoms with Gasteiger partial charge in [-0.3, -0.25) is 4.79 Å². The van der Waals surface area contributed by atoms with Gasteiger partial charge in [-0.15, -0.1) is 0 Å². The lowest BCUT2D eigenvalue weighted by Gasteiger charge is -2.29. The van der Waals surface area contributed by atoms with Gasteiger partial charge < -0.3 is 10.2 Å². The Labute approximate surface area is 121 Å². The standard InChI is InChI=1S/C14H15ClN4O/c15-13-12(18-8-6-16-7-9-18)10-17-19(14(13)20)11-4-2-1-3-5-11/h1-5,10,16H,6-9H2. The average molecular weight is 291 g/mol. The first-order valence-corrected chi connectivity index (χ1v) is 6.94. The van der Waals surface area contributed by atoms with E-state index < -0.39 is 0 Å². The van der Waals surface area contributed by atoms with Gasteiger partial charge in [0, 0.05) is 26.2 Å². The third-order valence-corrected chi connectivity index (χ3v) is 3.71. The fourth-order valence-electron chi connectivity index (χ4n) is 2.30. The van der Waals surface area contributed by atoms with Crippen LogP contribution in [0.2, 0.25) is 5.02 Å². The molecule has 5 nitrogen and oxygen atoms in total. The molecule has 0 saturated carbocycles. The van der Waals surface area contributed by atoms with E-state index >= 15 is 0 Å². The molecule has 1 aromatic carbocycles. The number of halogens is 1. The number of anilines is 1. The van der Waals surface area contributed by atoms with Crippen LogP contribution in [0.5, 0.6) is 0 Å². The Morgan fingerprint density at radius 2 is 1.85 bits per heavy atom. The van der Waals surface area contributed by atoms with Gasteiger partial charge in [-0.1, -0.05) is 29.8 Å². The molecule has 1 aromatic heterocycles. The van der Waals surface area contributed by atoms with E-state index in [1.165, 1.54) is 4.68 Å². The van der Waals surface area contributed by atoms with Gasteiger partial charge in [0.25, 0.3) is 5.56 Å². The van der Waals surface area contributed by atoms with Gasteiger partial charge in [0.05, 0.1) is 17.6 Å². The second kappa shape index (κ2) is 5.64. The summed E-state index contributed by atoms with van der Waals surface area (Å²) in [7, 11) is 0. The highest BCUT2D eigenvalue weighted by atomic mass is 35.5. The molecular weight excluding hydrogens is 276 g/mol. The molecule has 1 aliphatic rings. The number of piperazine rings is 1. The number of para-hydroxylation sites is 1. The third-order valence-electron chi connectivity index (χ3n) is 3.36. The minimum absolute atomic E-state index is 0.228. The van der Waals surface area contributed by atoms with Crippen LogP contribution in [-0.2, 0) is 0 Å². The van der Waals surface area contributed by atoms with E-state index in [1.54, 1.807) is 6.20 Å². The van der Waals surface area contributed by atoms with Crippen molar-refractivity contribution in [3.63, 3.8) is 0 Å². The smallest absolute Gasteiger partial charge is 0.292 e. The zero-order chi connectivity index (χ0) is 13.9. The van der Waals surface area contributed by atoms with Gasteiger partial charge in [-0.2, -0.15) is 9.78 Å². The molecule has 0 atom stereocenters. The van der Waals surface area contributed by atoms with Gasteiger partial charge >= 0.3 is 0 Å². The molecule has 0 radical (unpaired) electrons. The van der Waals surface area contributed by atoms with Crippen molar-refractivity contribution in [2.75, 3.05) is 31.1 Å². The number of hydrogen-bond donors (Lipinski definition) is 1. The van der Waals surface area contributed by atoms with Crippen molar-refractivity contribution in [3.05, 3.63) is 51.9 Å². The molecule has 20 heavy (non-hydrogen) atoms. The Balaban J connectivity index is 2.01. The Bertz CT molecular complexity index is 650. The van der Waals surface area contributed by atoms with Crippen LogP contribution in [0.25, 0.3) is 5.69 Å². The van der Waals surface area contributed by atoms with Crippen LogP contribution < -0.4 is 15.8 Å². The summed E-state index contributed by atoms with van der Waals surface area (Å²) in [4.78, 5) is 14.4. The van der Waals surface area contributed by atoms with Crippen LogP contribution in [0.15, 0.2) is 41.3 Å². The fraction of sp³-hybridized carbons (Fsp3) is 0.286. The summed E-state index contributed by atoms with van der Waals surface area (Å²) in [6.07, 6.45) is 1.67. The molecule has 1 N–H and O–H groups in total. The molecule has 0 bridgehead atoms. The lowest BCUT2D eigenvalue weighted by molar-refractivity contribution is 0.587. The molecule has 104 valence electrons. The van der Waals surface area contributed by atoms with Gasteiger partial charge in [0.2, 0.25) is 0 Å². The molecule has 0 aliphatic carbocycles. The van der Waals surface area contributed by atoms with Gasteiger partial charge in [-0.25, -0.2) is 0 Å². The molecule has 0 spiro atoms. The van der Waals surface area contributed by atoms with Crippen LogP contribution in [0, 0.1) is 0 Å². The number of nitrogens with one attached hydrogen (secondary N) is 1. The van der Waals surface area contributed by atoms with Crippen molar-refractivity contribution in [2.24, 2.45) is 0 Å². The quantitative estimate of drug-likeness (QED) is 0.906. The van der Waals surface area contributed by atoms with E-state index in [2.05, 4.69) is 15.3 Å². The maximum Gasteiger partial charge on any atom is 0.292 e. The average Bonchev–Trinajstić information content (AvgIpc) is 2.52. The Hall–Kier alpha value is -1.85. The molecular formula is C14H15ClN4O. The largest absolute Gasteiger partial charge is 0.366 e. The SMILES string of the molecule is O=c1c(Cl)c(N2CCNCC2)cnn1-c1ccccc1. The van der Waals surface area contributed by atoms with Crippen LogP contribution in [0.3, 0.4) is 0 Å². The predicted molar refractivity (Wildman–Crippen MR) is 79.9 cm³/mol. The highest BCUT2D eigenvalue weighted by Crippen LogP contribution is 2.21. The van der Waals surface area contributed by atoms with Crippen LogP contribution in [-0.4, -0.2) is 36.0 Å². The summed E-state index contributed by atoms with van der Waals surface area (Å²) in [5.41, 5.74) is 1.14. The number of benzene rings is 1. The van der Waals surface area contributed by atoms with E-state index in [4.69, 9.17) is 11.6 Å². The summed E-state index contributed by atoms with van der Waals surface area (Å²) in [6, 6.07) is 9.28. The van der Waals surface area contributed by atoms with E-state index in [9.17, 15) is 4.79 Å². The van der Waals surface area contributed by atoms with Gasteiger partial charge in [-0.05, 0) is 12.1 Å². The Morgan fingerprint density at radius 1 is 1.15 bits per heavy atom. The molecule has 1 saturated heterocycles. The summed E-state index contributed by atoms with van der Waals surface area (Å²) in [6.45, 7) is 3.43. The van der Waals surface area contributed by atoms with E-state index in [1.807, 2.05) is 30.3 Å². The van der Waals surface area contributed by atoms with Crippen molar-refractivity contribution < 1.29 is 0 Å². The van der Waals surface area contributed by atoms with Crippen molar-refractivity contribution in [1.29, 1.82) is 0 Å². The Morgan fingerprint density at radius 3 is 2.55 bits per heavy atom. The minimum atomic E-state index is -0.283. The third kappa shape index (κ3) is 2.42. The number of aromatic nitrogens is 2. The summed E-state index contributed by atoms with van der Waals surface area (Å²) in [5, 5.41) is 7.74. The fourth-order valence-corrected chi connectivity index (χ4v) is 2.55. The molecule has 0 amide bonds. The first kappa shape index (κ1) is 13.1. The predicted octanol–water partition coefficient (Wildman–Crippen LogP) is 1.30. The number of hydrogen-bond acceptors (Lipinski definition) is 4. The molecule has 0 unspecified atom stereocenters. The van der Waals surface area contributed by atoms with E-state index in [-0.39, 0.29) is 10.6 Å². The maximum absolute atomic E-state index is 12.4. The molecule has 2 heterocycles. The van der Waals surface area contributed by atoms with Crippen molar-refractivity contribution in [3.8, 4) is 5.69 Å². The number of rotatable bonds is 2. The van der Waals surface area contributed by atoms with E-state index in [0.29, 0.717) is 11.4 Å². The topological polar surface area (TPSA) is 50.2 Å². The molecule has 1 aliphatic heterocycles. The van der Waals surface area contributed by atoms with Crippen molar-refractivity contribution in [2.45, 2.75) is 0 Å². The summed E-state index contributed by atoms with van der Waals surface area (Å²) in [5.74, 6) is 0. The molecule has 2 aromatic rings. The van der Waals surface area contributed by atoms with Crippen LogP contribution >= 0.6 is 11.6 Å². The lowest BCUT2D eigenvalue weighted by atomic mass is 10.3. The molecule has 6 heteroatoms. The molecule has 3 rings (SSSR count). The zero-order valence-electron chi connectivity index (χ0n) is 10.9. The summed E-state index contributed by atoms with van der Waals surface area (Å²) < 4.78 is 1.33. The first-order chi connectivity index (χ1) is 9.77. The van der Waals surface area contributed by atoms with Crippen molar-refractivity contribution in [1.82, 2.24) is 15.1 Å². The van der Waals surface area contributed by atoms with Gasteiger partial charge in [0.1, 0.15) is 5.02 Å². The van der Waals surface area contributed by atoms with Crippen LogP contribution in [0.4, 0.5) is 5.69 Å². The molecule has 1 fully saturated rings. The summed E-state index contributed by atoms with van der Waals surface area (Å²) >= 11 is 6.25. The van der Waals surface area contributed by atoms with E-state index in [0.717, 1.165) is 26.2 Å². The highest BCUT2D eigenvalue weighted by molar-refractivity contribution is 6.33. The monoisotopic (exact) mass is 290 g/mol. The highest BCUT2D eigenvalue weighted by Gasteiger charge is 2.17.